The number of amides is 1. The van der Waals surface area contributed by atoms with Gasteiger partial charge in [0.25, 0.3) is 0 Å². The maximum Gasteiger partial charge on any atom is 0.243 e. The summed E-state index contributed by atoms with van der Waals surface area (Å²) in [5, 5.41) is 2.83. The van der Waals surface area contributed by atoms with Gasteiger partial charge in [0, 0.05) is 38.3 Å². The van der Waals surface area contributed by atoms with Crippen LogP contribution in [0.3, 0.4) is 0 Å². The summed E-state index contributed by atoms with van der Waals surface area (Å²) in [4.78, 5) is 26.6. The standard InChI is InChI=1S/C32H31F3N6O3S/c33-23-9-7-22(8-10-23)28-20-25(37-32(38-28)40-18-16-39(17-19-40)29-5-2-1-4-27(29)35)21-36-31(42)30-6-3-15-41(30)45(43,44)26-13-11-24(34)12-14-26/h1-2,4-5,7-14,20,30H,3,6,15-19,21H2,(H,36,42)/t30-/m0/s1. The van der Waals surface area contributed by atoms with Crippen LogP contribution in [0, 0.1) is 17.5 Å². The lowest BCUT2D eigenvalue weighted by Gasteiger charge is -2.36. The third-order valence-electron chi connectivity index (χ3n) is 8.03. The molecule has 9 nitrogen and oxygen atoms in total. The summed E-state index contributed by atoms with van der Waals surface area (Å²) in [6.45, 7) is 2.28. The number of hydrogen-bond acceptors (Lipinski definition) is 7. The zero-order valence-corrected chi connectivity index (χ0v) is 25.1. The van der Waals surface area contributed by atoms with Crippen molar-refractivity contribution in [2.75, 3.05) is 42.5 Å². The van der Waals surface area contributed by atoms with E-state index in [1.54, 1.807) is 36.4 Å². The van der Waals surface area contributed by atoms with Gasteiger partial charge in [0.05, 0.1) is 28.5 Å². The molecule has 0 saturated carbocycles. The number of nitrogens with one attached hydrogen (secondary N) is 1. The molecule has 1 amide bonds. The number of nitrogens with zero attached hydrogens (tertiary/aromatic N) is 5. The first-order valence-corrected chi connectivity index (χ1v) is 16.1. The highest BCUT2D eigenvalue weighted by atomic mass is 32.2. The van der Waals surface area contributed by atoms with Crippen molar-refractivity contribution in [2.24, 2.45) is 0 Å². The van der Waals surface area contributed by atoms with Gasteiger partial charge in [-0.3, -0.25) is 4.79 Å². The van der Waals surface area contributed by atoms with E-state index in [0.29, 0.717) is 67.6 Å². The zero-order valence-electron chi connectivity index (χ0n) is 24.2. The zero-order chi connectivity index (χ0) is 31.6. The second-order valence-electron chi connectivity index (χ2n) is 10.9. The average Bonchev–Trinajstić information content (AvgIpc) is 3.56. The van der Waals surface area contributed by atoms with E-state index in [1.165, 1.54) is 30.3 Å². The highest BCUT2D eigenvalue weighted by Gasteiger charge is 2.39. The minimum absolute atomic E-state index is 0.00131. The fraction of sp³-hybridized carbons (Fsp3) is 0.281. The van der Waals surface area contributed by atoms with Crippen molar-refractivity contribution >= 4 is 27.6 Å². The molecular weight excluding hydrogens is 605 g/mol. The van der Waals surface area contributed by atoms with Crippen LogP contribution in [-0.4, -0.2) is 67.4 Å². The molecule has 1 N–H and O–H groups in total. The maximum atomic E-state index is 14.4. The number of sulfonamides is 1. The first-order valence-electron chi connectivity index (χ1n) is 14.6. The molecule has 2 saturated heterocycles. The Morgan fingerprint density at radius 1 is 0.822 bits per heavy atom. The van der Waals surface area contributed by atoms with Crippen LogP contribution in [0.1, 0.15) is 18.5 Å². The molecule has 3 aromatic carbocycles. The summed E-state index contributed by atoms with van der Waals surface area (Å²) in [7, 11) is -4.01. The van der Waals surface area contributed by atoms with E-state index in [2.05, 4.69) is 5.32 Å². The smallest absolute Gasteiger partial charge is 0.243 e. The number of benzene rings is 3. The molecule has 45 heavy (non-hydrogen) atoms. The number of aromatic nitrogens is 2. The number of halogens is 3. The predicted octanol–water partition coefficient (Wildman–Crippen LogP) is 4.36. The summed E-state index contributed by atoms with van der Waals surface area (Å²) in [5.74, 6) is -1.29. The third-order valence-corrected chi connectivity index (χ3v) is 9.96. The number of rotatable bonds is 8. The monoisotopic (exact) mass is 636 g/mol. The molecule has 3 heterocycles. The second-order valence-corrected chi connectivity index (χ2v) is 12.8. The Morgan fingerprint density at radius 2 is 1.47 bits per heavy atom. The fourth-order valence-corrected chi connectivity index (χ4v) is 7.32. The van der Waals surface area contributed by atoms with Crippen molar-refractivity contribution in [3.05, 3.63) is 102 Å². The summed E-state index contributed by atoms with van der Waals surface area (Å²) >= 11 is 0. The van der Waals surface area contributed by atoms with Crippen LogP contribution in [-0.2, 0) is 21.4 Å². The van der Waals surface area contributed by atoms with Gasteiger partial charge in [-0.05, 0) is 79.6 Å². The number of piperazine rings is 1. The highest BCUT2D eigenvalue weighted by molar-refractivity contribution is 7.89. The van der Waals surface area contributed by atoms with E-state index < -0.39 is 27.8 Å². The number of carbonyl (C=O) groups excluding carboxylic acids is 1. The van der Waals surface area contributed by atoms with E-state index in [9.17, 15) is 26.4 Å². The van der Waals surface area contributed by atoms with Crippen LogP contribution >= 0.6 is 0 Å². The van der Waals surface area contributed by atoms with E-state index in [1.807, 2.05) is 9.80 Å². The fourth-order valence-electron chi connectivity index (χ4n) is 5.67. The lowest BCUT2D eigenvalue weighted by atomic mass is 10.1. The number of hydrogen-bond donors (Lipinski definition) is 1. The molecular formula is C32H31F3N6O3S. The van der Waals surface area contributed by atoms with Crippen molar-refractivity contribution in [3.63, 3.8) is 0 Å². The minimum atomic E-state index is -4.01. The first-order chi connectivity index (χ1) is 21.7. The van der Waals surface area contributed by atoms with Crippen molar-refractivity contribution in [3.8, 4) is 11.3 Å². The Kier molecular flexibility index (Phi) is 8.72. The van der Waals surface area contributed by atoms with Gasteiger partial charge < -0.3 is 15.1 Å². The number of carbonyl (C=O) groups is 1. The van der Waals surface area contributed by atoms with Crippen LogP contribution in [0.4, 0.5) is 24.8 Å². The SMILES string of the molecule is O=C(NCc1cc(-c2ccc(F)cc2)nc(N2CCN(c3ccccc3F)CC2)n1)[C@@H]1CCCN1S(=O)(=O)c1ccc(F)cc1. The molecule has 0 spiro atoms. The summed E-state index contributed by atoms with van der Waals surface area (Å²) in [6, 6.07) is 17.8. The van der Waals surface area contributed by atoms with E-state index in [-0.39, 0.29) is 29.6 Å². The summed E-state index contributed by atoms with van der Waals surface area (Å²) in [6.07, 6.45) is 0.845. The van der Waals surface area contributed by atoms with Gasteiger partial charge >= 0.3 is 0 Å². The molecule has 6 rings (SSSR count). The van der Waals surface area contributed by atoms with Crippen molar-refractivity contribution in [1.29, 1.82) is 0 Å². The first kappa shape index (κ1) is 30.5. The quantitative estimate of drug-likeness (QED) is 0.307. The molecule has 0 bridgehead atoms. The van der Waals surface area contributed by atoms with Gasteiger partial charge in [-0.25, -0.2) is 31.6 Å². The largest absolute Gasteiger partial charge is 0.366 e. The Balaban J connectivity index is 1.20. The van der Waals surface area contributed by atoms with Gasteiger partial charge in [0.1, 0.15) is 23.5 Å². The Labute approximate surface area is 259 Å². The van der Waals surface area contributed by atoms with E-state index in [4.69, 9.17) is 9.97 Å². The Hall–Kier alpha value is -4.49. The molecule has 234 valence electrons. The Morgan fingerprint density at radius 3 is 2.16 bits per heavy atom. The molecule has 13 heteroatoms. The lowest BCUT2D eigenvalue weighted by molar-refractivity contribution is -0.124. The molecule has 0 radical (unpaired) electrons. The molecule has 0 aliphatic carbocycles. The Bertz CT molecular complexity index is 1780. The summed E-state index contributed by atoms with van der Waals surface area (Å²) in [5.41, 5.74) is 2.20. The molecule has 2 aliphatic rings. The molecule has 4 aromatic rings. The second kappa shape index (κ2) is 12.9. The molecule has 1 atom stereocenters. The minimum Gasteiger partial charge on any atom is -0.366 e. The van der Waals surface area contributed by atoms with E-state index >= 15 is 0 Å². The van der Waals surface area contributed by atoms with Crippen LogP contribution in [0.5, 0.6) is 0 Å². The van der Waals surface area contributed by atoms with Gasteiger partial charge in [0.15, 0.2) is 0 Å². The molecule has 0 unspecified atom stereocenters. The van der Waals surface area contributed by atoms with Crippen LogP contribution in [0.15, 0.2) is 83.8 Å². The van der Waals surface area contributed by atoms with Crippen LogP contribution < -0.4 is 15.1 Å². The maximum absolute atomic E-state index is 14.4. The van der Waals surface area contributed by atoms with Crippen molar-refractivity contribution in [1.82, 2.24) is 19.6 Å². The van der Waals surface area contributed by atoms with Crippen LogP contribution in [0.2, 0.25) is 0 Å². The lowest BCUT2D eigenvalue weighted by Crippen LogP contribution is -2.47. The molecule has 2 aliphatic heterocycles. The number of anilines is 2. The van der Waals surface area contributed by atoms with Gasteiger partial charge in [-0.2, -0.15) is 4.31 Å². The van der Waals surface area contributed by atoms with Crippen molar-refractivity contribution in [2.45, 2.75) is 30.3 Å². The van der Waals surface area contributed by atoms with Gasteiger partial charge in [-0.1, -0.05) is 12.1 Å². The topological polar surface area (TPSA) is 98.7 Å². The van der Waals surface area contributed by atoms with Gasteiger partial charge in [-0.15, -0.1) is 0 Å². The third kappa shape index (κ3) is 6.64. The normalized spacial score (nSPS) is 17.4. The van der Waals surface area contributed by atoms with Gasteiger partial charge in [0.2, 0.25) is 21.9 Å². The summed E-state index contributed by atoms with van der Waals surface area (Å²) < 4.78 is 69.1. The predicted molar refractivity (Wildman–Crippen MR) is 163 cm³/mol. The van der Waals surface area contributed by atoms with E-state index in [0.717, 1.165) is 16.4 Å². The number of para-hydroxylation sites is 1. The molecule has 2 fully saturated rings. The average molecular weight is 637 g/mol. The highest BCUT2D eigenvalue weighted by Crippen LogP contribution is 2.28. The van der Waals surface area contributed by atoms with Crippen molar-refractivity contribution < 1.29 is 26.4 Å². The van der Waals surface area contributed by atoms with Crippen LogP contribution in [0.25, 0.3) is 11.3 Å². The molecule has 1 aromatic heterocycles.